The molecule has 2 aromatic rings. The van der Waals surface area contributed by atoms with Crippen LogP contribution in [0.3, 0.4) is 0 Å². The number of rotatable bonds is 5. The van der Waals surface area contributed by atoms with Crippen LogP contribution in [0.1, 0.15) is 13.8 Å². The molecule has 0 radical (unpaired) electrons. The molecule has 0 aliphatic carbocycles. The molecule has 140 valence electrons. The van der Waals surface area contributed by atoms with E-state index in [1.54, 1.807) is 18.3 Å². The number of thioether (sulfide) groups is 1. The summed E-state index contributed by atoms with van der Waals surface area (Å²) < 4.78 is 22.1. The van der Waals surface area contributed by atoms with E-state index in [0.29, 0.717) is 24.5 Å². The molecule has 0 spiro atoms. The first kappa shape index (κ1) is 18.7. The summed E-state index contributed by atoms with van der Waals surface area (Å²) in [5.74, 6) is -0.327. The fourth-order valence-corrected chi connectivity index (χ4v) is 3.77. The molecule has 1 saturated heterocycles. The van der Waals surface area contributed by atoms with Crippen LogP contribution in [-0.4, -0.2) is 46.5 Å². The molecule has 0 bridgehead atoms. The van der Waals surface area contributed by atoms with E-state index in [9.17, 15) is 9.18 Å². The number of aromatic nitrogens is 2. The maximum atomic E-state index is 14.5. The minimum absolute atomic E-state index is 0.0562. The topological polar surface area (TPSA) is 59.4 Å². The largest absolute Gasteiger partial charge is 0.372 e. The third-order valence-electron chi connectivity index (χ3n) is 4.10. The average Bonchev–Trinajstić information content (AvgIpc) is 2.97. The van der Waals surface area contributed by atoms with E-state index in [0.717, 1.165) is 5.16 Å². The highest BCUT2D eigenvalue weighted by Gasteiger charge is 2.24. The van der Waals surface area contributed by atoms with E-state index < -0.39 is 0 Å². The first-order valence-corrected chi connectivity index (χ1v) is 9.51. The molecule has 0 saturated carbocycles. The van der Waals surface area contributed by atoms with Crippen LogP contribution in [0.15, 0.2) is 35.7 Å². The summed E-state index contributed by atoms with van der Waals surface area (Å²) in [6.45, 7) is 5.25. The van der Waals surface area contributed by atoms with Gasteiger partial charge >= 0.3 is 0 Å². The van der Waals surface area contributed by atoms with Crippen LogP contribution in [0.2, 0.25) is 0 Å². The Bertz CT molecular complexity index is 772. The summed E-state index contributed by atoms with van der Waals surface area (Å²) in [5.41, 5.74) is 0.985. The van der Waals surface area contributed by atoms with Gasteiger partial charge in [-0.25, -0.2) is 9.37 Å². The van der Waals surface area contributed by atoms with E-state index in [1.165, 1.54) is 17.8 Å². The molecule has 26 heavy (non-hydrogen) atoms. The first-order chi connectivity index (χ1) is 12.4. The van der Waals surface area contributed by atoms with Crippen molar-refractivity contribution in [1.82, 2.24) is 9.55 Å². The number of halogens is 1. The number of morpholine rings is 1. The highest BCUT2D eigenvalue weighted by atomic mass is 32.2. The number of nitrogens with one attached hydrogen (secondary N) is 1. The summed E-state index contributed by atoms with van der Waals surface area (Å²) in [5, 5.41) is 3.49. The van der Waals surface area contributed by atoms with Gasteiger partial charge in [-0.3, -0.25) is 4.79 Å². The Kier molecular flexibility index (Phi) is 5.83. The predicted molar refractivity (Wildman–Crippen MR) is 101 cm³/mol. The van der Waals surface area contributed by atoms with Crippen molar-refractivity contribution in [3.8, 4) is 0 Å². The molecule has 1 amide bonds. The smallest absolute Gasteiger partial charge is 0.234 e. The lowest BCUT2D eigenvalue weighted by atomic mass is 10.2. The number of ether oxygens (including phenoxy) is 1. The second-order valence-electron chi connectivity index (χ2n) is 6.49. The van der Waals surface area contributed by atoms with Crippen molar-refractivity contribution in [2.45, 2.75) is 31.2 Å². The van der Waals surface area contributed by atoms with Crippen molar-refractivity contribution in [2.75, 3.05) is 29.1 Å². The number of amides is 1. The molecule has 2 atom stereocenters. The average molecular weight is 378 g/mol. The first-order valence-electron chi connectivity index (χ1n) is 8.52. The molecule has 1 fully saturated rings. The molecular weight excluding hydrogens is 355 g/mol. The van der Waals surface area contributed by atoms with Gasteiger partial charge in [-0.2, -0.15) is 0 Å². The van der Waals surface area contributed by atoms with Gasteiger partial charge in [-0.1, -0.05) is 11.8 Å². The molecule has 1 aromatic heterocycles. The SMILES string of the molecule is CC1CN(c2ccc(NC(=O)CSc3nccn3C)cc2F)CC(C)O1. The number of imidazole rings is 1. The number of aryl methyl sites for hydroxylation is 1. The van der Waals surface area contributed by atoms with Crippen LogP contribution >= 0.6 is 11.8 Å². The van der Waals surface area contributed by atoms with E-state index >= 15 is 0 Å². The predicted octanol–water partition coefficient (Wildman–Crippen LogP) is 2.90. The fraction of sp³-hybridized carbons (Fsp3) is 0.444. The Balaban J connectivity index is 1.60. The van der Waals surface area contributed by atoms with Crippen molar-refractivity contribution in [3.05, 3.63) is 36.4 Å². The number of carbonyl (C=O) groups excluding carboxylic acids is 1. The zero-order valence-corrected chi connectivity index (χ0v) is 15.9. The van der Waals surface area contributed by atoms with Crippen LogP contribution in [-0.2, 0) is 16.6 Å². The Morgan fingerprint density at radius 3 is 2.73 bits per heavy atom. The number of carbonyl (C=O) groups is 1. The normalized spacial score (nSPS) is 20.2. The van der Waals surface area contributed by atoms with Crippen LogP contribution in [0, 0.1) is 5.82 Å². The molecule has 8 heteroatoms. The standard InChI is InChI=1S/C18H23FN4O2S/c1-12-9-23(10-13(2)25-12)16-5-4-14(8-15(16)19)21-17(24)11-26-18-20-6-7-22(18)3/h4-8,12-13H,9-11H2,1-3H3,(H,21,24). The Morgan fingerprint density at radius 1 is 1.38 bits per heavy atom. The van der Waals surface area contributed by atoms with Gasteiger partial charge in [0.2, 0.25) is 5.91 Å². The van der Waals surface area contributed by atoms with Gasteiger partial charge in [0.1, 0.15) is 5.82 Å². The Hall–Kier alpha value is -2.06. The third kappa shape index (κ3) is 4.56. The lowest BCUT2D eigenvalue weighted by Gasteiger charge is -2.37. The number of nitrogens with zero attached hydrogens (tertiary/aromatic N) is 3. The number of hydrogen-bond donors (Lipinski definition) is 1. The molecule has 1 N–H and O–H groups in total. The molecular formula is C18H23FN4O2S. The minimum atomic E-state index is -0.346. The van der Waals surface area contributed by atoms with Crippen molar-refractivity contribution in [2.24, 2.45) is 7.05 Å². The highest BCUT2D eigenvalue weighted by molar-refractivity contribution is 7.99. The van der Waals surface area contributed by atoms with Crippen molar-refractivity contribution < 1.29 is 13.9 Å². The van der Waals surface area contributed by atoms with E-state index in [1.807, 2.05) is 36.6 Å². The zero-order valence-electron chi connectivity index (χ0n) is 15.1. The lowest BCUT2D eigenvalue weighted by molar-refractivity contribution is -0.113. The molecule has 2 heterocycles. The number of benzene rings is 1. The molecule has 3 rings (SSSR count). The maximum absolute atomic E-state index is 14.5. The van der Waals surface area contributed by atoms with Crippen molar-refractivity contribution >= 4 is 29.0 Å². The van der Waals surface area contributed by atoms with Crippen molar-refractivity contribution in [1.29, 1.82) is 0 Å². The van der Waals surface area contributed by atoms with Crippen LogP contribution in [0.5, 0.6) is 0 Å². The maximum Gasteiger partial charge on any atom is 0.234 e. The van der Waals surface area contributed by atoms with Crippen LogP contribution in [0.25, 0.3) is 0 Å². The van der Waals surface area contributed by atoms with Gasteiger partial charge in [-0.15, -0.1) is 0 Å². The molecule has 1 aliphatic heterocycles. The summed E-state index contributed by atoms with van der Waals surface area (Å²) >= 11 is 1.34. The van der Waals surface area contributed by atoms with Gasteiger partial charge in [0, 0.05) is 38.2 Å². The summed E-state index contributed by atoms with van der Waals surface area (Å²) in [6, 6.07) is 4.80. The van der Waals surface area contributed by atoms with E-state index in [4.69, 9.17) is 4.74 Å². The zero-order chi connectivity index (χ0) is 18.7. The molecule has 1 aromatic carbocycles. The Morgan fingerprint density at radius 2 is 2.12 bits per heavy atom. The third-order valence-corrected chi connectivity index (χ3v) is 5.16. The van der Waals surface area contributed by atoms with Gasteiger partial charge < -0.3 is 19.5 Å². The quantitative estimate of drug-likeness (QED) is 0.811. The Labute approximate surface area is 156 Å². The van der Waals surface area contributed by atoms with Gasteiger partial charge in [0.25, 0.3) is 0 Å². The monoisotopic (exact) mass is 378 g/mol. The van der Waals surface area contributed by atoms with Gasteiger partial charge in [0.05, 0.1) is 23.6 Å². The molecule has 2 unspecified atom stereocenters. The summed E-state index contributed by atoms with van der Waals surface area (Å²) in [7, 11) is 1.87. The highest BCUT2D eigenvalue weighted by Crippen LogP contribution is 2.26. The number of hydrogen-bond acceptors (Lipinski definition) is 5. The van der Waals surface area contributed by atoms with Crippen LogP contribution < -0.4 is 10.2 Å². The molecule has 6 nitrogen and oxygen atoms in total. The van der Waals surface area contributed by atoms with Crippen LogP contribution in [0.4, 0.5) is 15.8 Å². The van der Waals surface area contributed by atoms with Gasteiger partial charge in [0.15, 0.2) is 5.16 Å². The molecule has 1 aliphatic rings. The number of anilines is 2. The van der Waals surface area contributed by atoms with Gasteiger partial charge in [-0.05, 0) is 32.0 Å². The fourth-order valence-electron chi connectivity index (χ4n) is 3.03. The van der Waals surface area contributed by atoms with E-state index in [-0.39, 0.29) is 29.7 Å². The van der Waals surface area contributed by atoms with Crippen molar-refractivity contribution in [3.63, 3.8) is 0 Å². The second kappa shape index (κ2) is 8.09. The summed E-state index contributed by atoms with van der Waals surface area (Å²) in [6.07, 6.45) is 3.62. The minimum Gasteiger partial charge on any atom is -0.372 e. The second-order valence-corrected chi connectivity index (χ2v) is 7.43. The summed E-state index contributed by atoms with van der Waals surface area (Å²) in [4.78, 5) is 18.2. The lowest BCUT2D eigenvalue weighted by Crippen LogP contribution is -2.45. The van der Waals surface area contributed by atoms with E-state index in [2.05, 4.69) is 10.3 Å².